The van der Waals surface area contributed by atoms with Gasteiger partial charge in [-0.15, -0.1) is 0 Å². The molecule has 0 heterocycles. The minimum Gasteiger partial charge on any atom is -0.458 e. The van der Waals surface area contributed by atoms with E-state index in [0.29, 0.717) is 6.42 Å². The topological polar surface area (TPSA) is 69.4 Å². The lowest BCUT2D eigenvalue weighted by Crippen LogP contribution is -2.51. The van der Waals surface area contributed by atoms with Crippen molar-refractivity contribution in [2.75, 3.05) is 0 Å². The second kappa shape index (κ2) is 5.85. The van der Waals surface area contributed by atoms with Gasteiger partial charge in [-0.25, -0.2) is 0 Å². The number of carbonyl (C=O) groups excluding carboxylic acids is 2. The molecule has 1 unspecified atom stereocenters. The van der Waals surface area contributed by atoms with Crippen molar-refractivity contribution in [2.45, 2.75) is 58.6 Å². The van der Waals surface area contributed by atoms with Crippen LogP contribution in [0.2, 0.25) is 0 Å². The first kappa shape index (κ1) is 14.1. The maximum Gasteiger partial charge on any atom is 0.303 e. The first-order valence-electron chi connectivity index (χ1n) is 5.29. The summed E-state index contributed by atoms with van der Waals surface area (Å²) in [6.45, 7) is 6.63. The summed E-state index contributed by atoms with van der Waals surface area (Å²) < 4.78 is 5.02. The predicted octanol–water partition coefficient (Wildman–Crippen LogP) is 1.41. The molecule has 1 atom stereocenters. The fourth-order valence-electron chi connectivity index (χ4n) is 1.33. The fourth-order valence-corrected chi connectivity index (χ4v) is 1.33. The van der Waals surface area contributed by atoms with Crippen LogP contribution in [0.5, 0.6) is 0 Å². The zero-order chi connectivity index (χ0) is 12.1. The third-order valence-electron chi connectivity index (χ3n) is 2.28. The Morgan fingerprint density at radius 1 is 1.40 bits per heavy atom. The van der Waals surface area contributed by atoms with E-state index in [-0.39, 0.29) is 5.78 Å². The van der Waals surface area contributed by atoms with Gasteiger partial charge in [0.15, 0.2) is 5.78 Å². The Hall–Kier alpha value is -0.900. The highest BCUT2D eigenvalue weighted by molar-refractivity contribution is 5.85. The molecule has 0 aliphatic heterocycles. The van der Waals surface area contributed by atoms with Crippen molar-refractivity contribution in [3.05, 3.63) is 0 Å². The van der Waals surface area contributed by atoms with Crippen molar-refractivity contribution in [1.29, 1.82) is 0 Å². The highest BCUT2D eigenvalue weighted by Crippen LogP contribution is 2.16. The standard InChI is InChI=1S/C11H21NO3/c1-5-6-7-9(14)10(12)11(3,4)15-8(2)13/h10H,5-7,12H2,1-4H3. The first-order chi connectivity index (χ1) is 6.81. The smallest absolute Gasteiger partial charge is 0.303 e. The Balaban J connectivity index is 4.33. The summed E-state index contributed by atoms with van der Waals surface area (Å²) in [5.41, 5.74) is 4.84. The fraction of sp³-hybridized carbons (Fsp3) is 0.818. The van der Waals surface area contributed by atoms with Crippen LogP contribution in [0.25, 0.3) is 0 Å². The number of carbonyl (C=O) groups is 2. The third kappa shape index (κ3) is 4.93. The zero-order valence-corrected chi connectivity index (χ0v) is 10.0. The van der Waals surface area contributed by atoms with E-state index in [2.05, 4.69) is 0 Å². The number of nitrogens with two attached hydrogens (primary N) is 1. The largest absolute Gasteiger partial charge is 0.458 e. The van der Waals surface area contributed by atoms with E-state index in [1.165, 1.54) is 6.92 Å². The van der Waals surface area contributed by atoms with E-state index in [0.717, 1.165) is 12.8 Å². The lowest BCUT2D eigenvalue weighted by molar-refractivity contribution is -0.157. The lowest BCUT2D eigenvalue weighted by Gasteiger charge is -2.29. The Kier molecular flexibility index (Phi) is 5.50. The molecule has 15 heavy (non-hydrogen) atoms. The number of Topliss-reactive ketones (excluding diaryl/α,β-unsaturated/α-hetero) is 1. The highest BCUT2D eigenvalue weighted by atomic mass is 16.6. The molecule has 88 valence electrons. The highest BCUT2D eigenvalue weighted by Gasteiger charge is 2.34. The summed E-state index contributed by atoms with van der Waals surface area (Å²) in [7, 11) is 0. The quantitative estimate of drug-likeness (QED) is 0.680. The molecule has 0 aromatic carbocycles. The van der Waals surface area contributed by atoms with Crippen molar-refractivity contribution in [2.24, 2.45) is 5.73 Å². The Morgan fingerprint density at radius 3 is 2.33 bits per heavy atom. The zero-order valence-electron chi connectivity index (χ0n) is 10.0. The molecule has 0 radical (unpaired) electrons. The predicted molar refractivity (Wildman–Crippen MR) is 58.4 cm³/mol. The summed E-state index contributed by atoms with van der Waals surface area (Å²) in [5.74, 6) is -0.471. The molecule has 0 amide bonds. The van der Waals surface area contributed by atoms with E-state index in [9.17, 15) is 9.59 Å². The molecule has 0 fully saturated rings. The van der Waals surface area contributed by atoms with Gasteiger partial charge in [-0.3, -0.25) is 9.59 Å². The monoisotopic (exact) mass is 215 g/mol. The third-order valence-corrected chi connectivity index (χ3v) is 2.28. The van der Waals surface area contributed by atoms with Gasteiger partial charge in [0.25, 0.3) is 0 Å². The van der Waals surface area contributed by atoms with Crippen LogP contribution in [0.1, 0.15) is 47.0 Å². The lowest BCUT2D eigenvalue weighted by atomic mass is 9.93. The maximum absolute atomic E-state index is 11.6. The number of unbranched alkanes of at least 4 members (excludes halogenated alkanes) is 1. The summed E-state index contributed by atoms with van der Waals surface area (Å²) in [6.07, 6.45) is 2.22. The molecule has 0 saturated carbocycles. The van der Waals surface area contributed by atoms with Gasteiger partial charge in [0, 0.05) is 13.3 Å². The van der Waals surface area contributed by atoms with Crippen LogP contribution in [0, 0.1) is 0 Å². The van der Waals surface area contributed by atoms with E-state index < -0.39 is 17.6 Å². The molecule has 0 saturated heterocycles. The molecular weight excluding hydrogens is 194 g/mol. The SMILES string of the molecule is CCCCC(=O)C(N)C(C)(C)OC(C)=O. The Bertz CT molecular complexity index is 236. The maximum atomic E-state index is 11.6. The Morgan fingerprint density at radius 2 is 1.93 bits per heavy atom. The van der Waals surface area contributed by atoms with Gasteiger partial charge < -0.3 is 10.5 Å². The molecule has 2 N–H and O–H groups in total. The minimum atomic E-state index is -0.920. The van der Waals surface area contributed by atoms with Crippen LogP contribution in [0.4, 0.5) is 0 Å². The van der Waals surface area contributed by atoms with Crippen LogP contribution in [0.15, 0.2) is 0 Å². The molecular formula is C11H21NO3. The molecule has 4 nitrogen and oxygen atoms in total. The summed E-state index contributed by atoms with van der Waals surface area (Å²) in [4.78, 5) is 22.4. The molecule has 0 aromatic heterocycles. The van der Waals surface area contributed by atoms with Gasteiger partial charge in [0.05, 0.1) is 0 Å². The number of hydrogen-bond donors (Lipinski definition) is 1. The van der Waals surface area contributed by atoms with Crippen LogP contribution >= 0.6 is 0 Å². The van der Waals surface area contributed by atoms with Crippen molar-refractivity contribution in [3.8, 4) is 0 Å². The minimum absolute atomic E-state index is 0.0527. The van der Waals surface area contributed by atoms with Gasteiger partial charge in [0.1, 0.15) is 11.6 Å². The van der Waals surface area contributed by atoms with Crippen LogP contribution in [-0.2, 0) is 14.3 Å². The number of hydrogen-bond acceptors (Lipinski definition) is 4. The first-order valence-corrected chi connectivity index (χ1v) is 5.29. The number of ether oxygens (including phenoxy) is 1. The molecule has 4 heteroatoms. The molecule has 0 spiro atoms. The summed E-state index contributed by atoms with van der Waals surface area (Å²) >= 11 is 0. The Labute approximate surface area is 91.2 Å². The summed E-state index contributed by atoms with van der Waals surface area (Å²) in [5, 5.41) is 0. The molecule has 0 bridgehead atoms. The second-order valence-corrected chi connectivity index (χ2v) is 4.24. The van der Waals surface area contributed by atoms with E-state index in [4.69, 9.17) is 10.5 Å². The normalized spacial score (nSPS) is 13.4. The van der Waals surface area contributed by atoms with E-state index in [1.807, 2.05) is 6.92 Å². The molecule has 0 aliphatic rings. The van der Waals surface area contributed by atoms with Gasteiger partial charge in [0.2, 0.25) is 0 Å². The molecule has 0 rings (SSSR count). The average Bonchev–Trinajstić information content (AvgIpc) is 2.10. The van der Waals surface area contributed by atoms with Gasteiger partial charge in [-0.1, -0.05) is 13.3 Å². The average molecular weight is 215 g/mol. The van der Waals surface area contributed by atoms with E-state index in [1.54, 1.807) is 13.8 Å². The van der Waals surface area contributed by atoms with Crippen molar-refractivity contribution >= 4 is 11.8 Å². The van der Waals surface area contributed by atoms with Crippen molar-refractivity contribution in [3.63, 3.8) is 0 Å². The van der Waals surface area contributed by atoms with Gasteiger partial charge in [-0.05, 0) is 20.3 Å². The van der Waals surface area contributed by atoms with Crippen LogP contribution < -0.4 is 5.73 Å². The van der Waals surface area contributed by atoms with Crippen molar-refractivity contribution < 1.29 is 14.3 Å². The van der Waals surface area contributed by atoms with Gasteiger partial charge in [-0.2, -0.15) is 0 Å². The van der Waals surface area contributed by atoms with Gasteiger partial charge >= 0.3 is 5.97 Å². The second-order valence-electron chi connectivity index (χ2n) is 4.24. The van der Waals surface area contributed by atoms with Crippen molar-refractivity contribution in [1.82, 2.24) is 0 Å². The molecule has 0 aliphatic carbocycles. The number of esters is 1. The number of rotatable bonds is 6. The van der Waals surface area contributed by atoms with E-state index >= 15 is 0 Å². The van der Waals surface area contributed by atoms with Crippen LogP contribution in [-0.4, -0.2) is 23.4 Å². The number of ketones is 1. The summed E-state index contributed by atoms with van der Waals surface area (Å²) in [6, 6.07) is -0.743. The van der Waals surface area contributed by atoms with Crippen LogP contribution in [0.3, 0.4) is 0 Å². The molecule has 0 aromatic rings.